The number of carbonyl (C=O) groups is 2. The van der Waals surface area contributed by atoms with Crippen LogP contribution in [0, 0.1) is 0 Å². The number of allylic oxidation sites excluding steroid dienone is 1. The van der Waals surface area contributed by atoms with Crippen LogP contribution in [0.15, 0.2) is 60.7 Å². The fourth-order valence-electron chi connectivity index (χ4n) is 3.31. The van der Waals surface area contributed by atoms with Crippen molar-refractivity contribution in [1.82, 2.24) is 14.8 Å². The van der Waals surface area contributed by atoms with Gasteiger partial charge in [-0.15, -0.1) is 5.10 Å². The molecule has 9 heteroatoms. The average Bonchev–Trinajstić information content (AvgIpc) is 3.16. The van der Waals surface area contributed by atoms with Crippen molar-refractivity contribution in [3.8, 4) is 0 Å². The summed E-state index contributed by atoms with van der Waals surface area (Å²) in [6.45, 7) is 0. The lowest BCUT2D eigenvalue weighted by Gasteiger charge is -2.24. The van der Waals surface area contributed by atoms with Gasteiger partial charge >= 0.3 is 0 Å². The van der Waals surface area contributed by atoms with E-state index in [-0.39, 0.29) is 37.2 Å². The molecule has 3 aromatic rings. The van der Waals surface area contributed by atoms with Gasteiger partial charge in [-0.05, 0) is 42.2 Å². The zero-order valence-electron chi connectivity index (χ0n) is 16.4. The van der Waals surface area contributed by atoms with E-state index in [0.29, 0.717) is 11.0 Å². The minimum atomic E-state index is -1.18. The van der Waals surface area contributed by atoms with Gasteiger partial charge in [0.2, 0.25) is 11.9 Å². The van der Waals surface area contributed by atoms with Gasteiger partial charge in [0, 0.05) is 23.1 Å². The number of rotatable bonds is 7. The number of nitrogens with zero attached hydrogens (tertiary/aromatic N) is 3. The van der Waals surface area contributed by atoms with Gasteiger partial charge in [0.1, 0.15) is 6.04 Å². The monoisotopic (exact) mass is 436 g/mol. The minimum absolute atomic E-state index is 0.0411. The Bertz CT molecular complexity index is 1130. The molecule has 4 rings (SSSR count). The topological polar surface area (TPSA) is 112 Å². The Kier molecular flexibility index (Phi) is 5.99. The van der Waals surface area contributed by atoms with Crippen molar-refractivity contribution in [3.05, 3.63) is 76.8 Å². The Hall–Kier alpha value is -3.65. The number of amides is 1. The van der Waals surface area contributed by atoms with E-state index in [1.807, 2.05) is 60.7 Å². The highest BCUT2D eigenvalue weighted by Crippen LogP contribution is 2.33. The second kappa shape index (κ2) is 9.01. The number of halogens is 1. The van der Waals surface area contributed by atoms with Gasteiger partial charge in [-0.25, -0.2) is 4.68 Å². The van der Waals surface area contributed by atoms with E-state index < -0.39 is 5.97 Å². The van der Waals surface area contributed by atoms with E-state index in [1.165, 1.54) is 0 Å². The first kappa shape index (κ1) is 20.6. The molecule has 0 saturated heterocycles. The van der Waals surface area contributed by atoms with Crippen LogP contribution in [0.4, 0.5) is 11.9 Å². The van der Waals surface area contributed by atoms with Crippen LogP contribution in [0.5, 0.6) is 0 Å². The Morgan fingerprint density at radius 2 is 1.84 bits per heavy atom. The molecule has 0 aliphatic carbocycles. The van der Waals surface area contributed by atoms with Gasteiger partial charge in [-0.2, -0.15) is 4.98 Å². The fraction of sp³-hybridized carbons (Fsp3) is 0.182. The highest BCUT2D eigenvalue weighted by Gasteiger charge is 2.25. The third-order valence-electron chi connectivity index (χ3n) is 4.80. The van der Waals surface area contributed by atoms with E-state index in [2.05, 4.69) is 20.7 Å². The number of anilines is 2. The first-order valence-electron chi connectivity index (χ1n) is 9.75. The maximum atomic E-state index is 12.1. The van der Waals surface area contributed by atoms with Crippen LogP contribution >= 0.6 is 11.6 Å². The van der Waals surface area contributed by atoms with Crippen molar-refractivity contribution in [3.63, 3.8) is 0 Å². The number of aromatic nitrogens is 3. The molecular formula is C22H19ClN5O3-. The Labute approximate surface area is 183 Å². The number of carbonyl (C=O) groups excluding carboxylic acids is 2. The van der Waals surface area contributed by atoms with Crippen LogP contribution < -0.4 is 15.7 Å². The molecule has 0 saturated carbocycles. The fourth-order valence-corrected chi connectivity index (χ4v) is 3.44. The third kappa shape index (κ3) is 4.92. The zero-order chi connectivity index (χ0) is 21.8. The van der Waals surface area contributed by atoms with Crippen LogP contribution in [-0.2, 0) is 9.59 Å². The smallest absolute Gasteiger partial charge is 0.250 e. The van der Waals surface area contributed by atoms with Gasteiger partial charge < -0.3 is 15.2 Å². The lowest BCUT2D eigenvalue weighted by atomic mass is 10.0. The van der Waals surface area contributed by atoms with Crippen molar-refractivity contribution >= 4 is 41.1 Å². The highest BCUT2D eigenvalue weighted by molar-refractivity contribution is 6.30. The van der Waals surface area contributed by atoms with Gasteiger partial charge in [-0.3, -0.25) is 10.1 Å². The third-order valence-corrected chi connectivity index (χ3v) is 5.05. The zero-order valence-corrected chi connectivity index (χ0v) is 17.2. The lowest BCUT2D eigenvalue weighted by Crippen LogP contribution is -2.22. The molecule has 1 aromatic heterocycles. The van der Waals surface area contributed by atoms with Gasteiger partial charge in [0.05, 0.1) is 0 Å². The van der Waals surface area contributed by atoms with Crippen LogP contribution in [0.3, 0.4) is 0 Å². The summed E-state index contributed by atoms with van der Waals surface area (Å²) in [7, 11) is 0. The van der Waals surface area contributed by atoms with Crippen LogP contribution in [-0.4, -0.2) is 26.6 Å². The normalized spacial score (nSPS) is 14.9. The van der Waals surface area contributed by atoms with E-state index in [0.717, 1.165) is 16.8 Å². The quantitative estimate of drug-likeness (QED) is 0.589. The molecule has 31 heavy (non-hydrogen) atoms. The lowest BCUT2D eigenvalue weighted by molar-refractivity contribution is -0.305. The molecular weight excluding hydrogens is 418 g/mol. The van der Waals surface area contributed by atoms with Crippen molar-refractivity contribution in [2.45, 2.75) is 25.3 Å². The Morgan fingerprint density at radius 1 is 1.10 bits per heavy atom. The predicted molar refractivity (Wildman–Crippen MR) is 115 cm³/mol. The first-order valence-corrected chi connectivity index (χ1v) is 10.1. The van der Waals surface area contributed by atoms with Crippen molar-refractivity contribution in [2.24, 2.45) is 0 Å². The standard InChI is InChI=1S/C22H20ClN5O3/c23-16-11-9-15(10-12-16)18-13-17(14-5-2-1-3-6-14)24-22-26-21(27-28(18)22)25-19(29)7-4-8-20(30)31/h1-3,5-6,9-13,18H,4,7-8H2,(H,30,31)(H2,24,25,26,27,29)/p-1/t18-/m0/s1. The van der Waals surface area contributed by atoms with Crippen molar-refractivity contribution in [2.75, 3.05) is 10.6 Å². The van der Waals surface area contributed by atoms with Crippen molar-refractivity contribution in [1.29, 1.82) is 0 Å². The number of fused-ring (bicyclic) bond motifs is 1. The molecule has 1 aliphatic rings. The molecule has 158 valence electrons. The highest BCUT2D eigenvalue weighted by atomic mass is 35.5. The summed E-state index contributed by atoms with van der Waals surface area (Å²) in [4.78, 5) is 27.1. The summed E-state index contributed by atoms with van der Waals surface area (Å²) < 4.78 is 1.69. The summed E-state index contributed by atoms with van der Waals surface area (Å²) in [5, 5.41) is 21.5. The minimum Gasteiger partial charge on any atom is -0.550 e. The number of hydrogen-bond donors (Lipinski definition) is 2. The Balaban J connectivity index is 1.61. The van der Waals surface area contributed by atoms with Crippen molar-refractivity contribution < 1.29 is 14.7 Å². The maximum Gasteiger partial charge on any atom is 0.250 e. The van der Waals surface area contributed by atoms with Gasteiger partial charge in [0.15, 0.2) is 0 Å². The first-order chi connectivity index (χ1) is 15.0. The molecule has 0 spiro atoms. The van der Waals surface area contributed by atoms with E-state index in [4.69, 9.17) is 11.6 Å². The van der Waals surface area contributed by atoms with Crippen LogP contribution in [0.2, 0.25) is 5.02 Å². The van der Waals surface area contributed by atoms with Gasteiger partial charge in [-0.1, -0.05) is 54.1 Å². The number of aliphatic carboxylic acids is 1. The number of hydrogen-bond acceptors (Lipinski definition) is 6. The summed E-state index contributed by atoms with van der Waals surface area (Å²) >= 11 is 6.05. The summed E-state index contributed by atoms with van der Waals surface area (Å²) in [6.07, 6.45) is 2.09. The molecule has 1 aliphatic heterocycles. The van der Waals surface area contributed by atoms with Crippen LogP contribution in [0.25, 0.3) is 5.70 Å². The molecule has 0 bridgehead atoms. The van der Waals surface area contributed by atoms with Gasteiger partial charge in [0.25, 0.3) is 5.95 Å². The molecule has 0 radical (unpaired) electrons. The number of carboxylic acids is 1. The van der Waals surface area contributed by atoms with E-state index >= 15 is 0 Å². The molecule has 2 N–H and O–H groups in total. The summed E-state index contributed by atoms with van der Waals surface area (Å²) in [6, 6.07) is 17.0. The largest absolute Gasteiger partial charge is 0.550 e. The molecule has 0 fully saturated rings. The van der Waals surface area contributed by atoms with E-state index in [1.54, 1.807) is 4.68 Å². The van der Waals surface area contributed by atoms with E-state index in [9.17, 15) is 14.7 Å². The maximum absolute atomic E-state index is 12.1. The number of carboxylic acid groups (broad SMARTS) is 1. The predicted octanol–water partition coefficient (Wildman–Crippen LogP) is 2.85. The molecule has 2 aromatic carbocycles. The molecule has 1 atom stereocenters. The molecule has 1 amide bonds. The van der Waals surface area contributed by atoms with Crippen LogP contribution in [0.1, 0.15) is 36.4 Å². The second-order valence-corrected chi connectivity index (χ2v) is 7.48. The average molecular weight is 437 g/mol. The number of nitrogens with one attached hydrogen (secondary N) is 2. The SMILES string of the molecule is O=C([O-])CCCC(=O)Nc1nc2n(n1)[C@H](c1ccc(Cl)cc1)C=C(c1ccccc1)N2. The second-order valence-electron chi connectivity index (χ2n) is 7.05. The number of benzene rings is 2. The Morgan fingerprint density at radius 3 is 2.55 bits per heavy atom. The summed E-state index contributed by atoms with van der Waals surface area (Å²) in [5.74, 6) is -0.921. The summed E-state index contributed by atoms with van der Waals surface area (Å²) in [5.41, 5.74) is 2.81. The molecule has 8 nitrogen and oxygen atoms in total. The molecule has 0 unspecified atom stereocenters. The molecule has 2 heterocycles.